The monoisotopic (exact) mass is 317 g/mol. The highest BCUT2D eigenvalue weighted by Crippen LogP contribution is 2.14. The summed E-state index contributed by atoms with van der Waals surface area (Å²) in [6.07, 6.45) is 0. The fourth-order valence-electron chi connectivity index (χ4n) is 2.14. The predicted octanol–water partition coefficient (Wildman–Crippen LogP) is 3.42. The summed E-state index contributed by atoms with van der Waals surface area (Å²) in [5.74, 6) is -0.265. The molecule has 22 heavy (non-hydrogen) atoms. The van der Waals surface area contributed by atoms with Gasteiger partial charge in [-0.3, -0.25) is 0 Å². The molecule has 2 N–H and O–H groups in total. The van der Waals surface area contributed by atoms with Crippen LogP contribution in [0.25, 0.3) is 0 Å². The third kappa shape index (κ3) is 5.09. The Morgan fingerprint density at radius 3 is 2.32 bits per heavy atom. The smallest absolute Gasteiger partial charge is 0.171 e. The molecule has 0 fully saturated rings. The Bertz CT molecular complexity index is 599. The molecule has 2 aromatic carbocycles. The van der Waals surface area contributed by atoms with E-state index < -0.39 is 0 Å². The summed E-state index contributed by atoms with van der Waals surface area (Å²) in [6, 6.07) is 16.4. The van der Waals surface area contributed by atoms with E-state index in [0.29, 0.717) is 5.11 Å². The van der Waals surface area contributed by atoms with Crippen LogP contribution in [0.1, 0.15) is 11.6 Å². The number of hydrogen-bond donors (Lipinski definition) is 2. The van der Waals surface area contributed by atoms with Crippen LogP contribution in [0.15, 0.2) is 54.6 Å². The molecule has 0 bridgehead atoms. The van der Waals surface area contributed by atoms with Crippen molar-refractivity contribution >= 4 is 23.0 Å². The summed E-state index contributed by atoms with van der Waals surface area (Å²) in [5, 5.41) is 6.91. The van der Waals surface area contributed by atoms with Crippen LogP contribution >= 0.6 is 12.2 Å². The van der Waals surface area contributed by atoms with Crippen LogP contribution in [0.4, 0.5) is 10.1 Å². The van der Waals surface area contributed by atoms with E-state index in [1.165, 1.54) is 17.7 Å². The molecule has 1 atom stereocenters. The molecule has 0 aromatic heterocycles. The normalized spacial score (nSPS) is 12.0. The maximum absolute atomic E-state index is 12.9. The molecule has 0 radical (unpaired) electrons. The van der Waals surface area contributed by atoms with Gasteiger partial charge in [-0.1, -0.05) is 30.3 Å². The zero-order chi connectivity index (χ0) is 15.9. The topological polar surface area (TPSA) is 27.3 Å². The number of hydrogen-bond acceptors (Lipinski definition) is 2. The maximum Gasteiger partial charge on any atom is 0.171 e. The first-order valence-electron chi connectivity index (χ1n) is 7.07. The quantitative estimate of drug-likeness (QED) is 0.827. The number of halogens is 1. The molecule has 0 unspecified atom stereocenters. The van der Waals surface area contributed by atoms with E-state index in [1.807, 2.05) is 32.3 Å². The van der Waals surface area contributed by atoms with Crippen molar-refractivity contribution in [2.75, 3.05) is 26.0 Å². The molecule has 2 rings (SSSR count). The van der Waals surface area contributed by atoms with Crippen LogP contribution in [-0.2, 0) is 0 Å². The predicted molar refractivity (Wildman–Crippen MR) is 93.5 cm³/mol. The Balaban J connectivity index is 2.03. The summed E-state index contributed by atoms with van der Waals surface area (Å²) >= 11 is 5.36. The first kappa shape index (κ1) is 16.4. The number of anilines is 1. The molecule has 0 aliphatic rings. The molecule has 0 saturated carbocycles. The number of thiocarbonyl (C=S) groups is 1. The lowest BCUT2D eigenvalue weighted by Gasteiger charge is -2.24. The van der Waals surface area contributed by atoms with Crippen molar-refractivity contribution in [2.45, 2.75) is 6.04 Å². The molecule has 0 aliphatic carbocycles. The number of benzene rings is 2. The van der Waals surface area contributed by atoms with Gasteiger partial charge in [-0.25, -0.2) is 4.39 Å². The molecule has 0 aliphatic heterocycles. The van der Waals surface area contributed by atoms with Crippen LogP contribution in [0.5, 0.6) is 0 Å². The summed E-state index contributed by atoms with van der Waals surface area (Å²) in [7, 11) is 4.04. The molecular weight excluding hydrogens is 297 g/mol. The van der Waals surface area contributed by atoms with E-state index in [-0.39, 0.29) is 11.9 Å². The van der Waals surface area contributed by atoms with Gasteiger partial charge in [-0.2, -0.15) is 0 Å². The highest BCUT2D eigenvalue weighted by Gasteiger charge is 2.13. The van der Waals surface area contributed by atoms with Crippen molar-refractivity contribution < 1.29 is 4.39 Å². The third-order valence-corrected chi connectivity index (χ3v) is 3.38. The maximum atomic E-state index is 12.9. The molecule has 3 nitrogen and oxygen atoms in total. The Kier molecular flexibility index (Phi) is 5.86. The highest BCUT2D eigenvalue weighted by atomic mass is 32.1. The van der Waals surface area contributed by atoms with E-state index in [9.17, 15) is 4.39 Å². The van der Waals surface area contributed by atoms with E-state index in [4.69, 9.17) is 12.2 Å². The van der Waals surface area contributed by atoms with E-state index in [1.54, 1.807) is 12.1 Å². The Morgan fingerprint density at radius 1 is 1.09 bits per heavy atom. The minimum atomic E-state index is -0.265. The summed E-state index contributed by atoms with van der Waals surface area (Å²) in [5.41, 5.74) is 1.93. The molecule has 0 amide bonds. The molecule has 5 heteroatoms. The zero-order valence-electron chi connectivity index (χ0n) is 12.7. The van der Waals surface area contributed by atoms with Gasteiger partial charge in [0.25, 0.3) is 0 Å². The average molecular weight is 317 g/mol. The first-order chi connectivity index (χ1) is 10.5. The van der Waals surface area contributed by atoms with Gasteiger partial charge in [-0.15, -0.1) is 0 Å². The summed E-state index contributed by atoms with van der Waals surface area (Å²) < 4.78 is 12.9. The lowest BCUT2D eigenvalue weighted by molar-refractivity contribution is 0.363. The number of nitrogens with zero attached hydrogens (tertiary/aromatic N) is 1. The second-order valence-corrected chi connectivity index (χ2v) is 5.74. The second kappa shape index (κ2) is 7.87. The fraction of sp³-hybridized carbons (Fsp3) is 0.235. The lowest BCUT2D eigenvalue weighted by atomic mass is 10.1. The van der Waals surface area contributed by atoms with Gasteiger partial charge < -0.3 is 15.5 Å². The van der Waals surface area contributed by atoms with Crippen LogP contribution in [-0.4, -0.2) is 30.7 Å². The molecule has 0 saturated heterocycles. The number of rotatable bonds is 5. The largest absolute Gasteiger partial charge is 0.354 e. The highest BCUT2D eigenvalue weighted by molar-refractivity contribution is 7.80. The molecule has 2 aromatic rings. The Morgan fingerprint density at radius 2 is 1.73 bits per heavy atom. The Hall–Kier alpha value is -1.98. The zero-order valence-corrected chi connectivity index (χ0v) is 13.5. The van der Waals surface area contributed by atoms with Crippen LogP contribution in [0.2, 0.25) is 0 Å². The second-order valence-electron chi connectivity index (χ2n) is 5.33. The molecule has 0 heterocycles. The summed E-state index contributed by atoms with van der Waals surface area (Å²) in [6.45, 7) is 0.815. The third-order valence-electron chi connectivity index (χ3n) is 3.16. The van der Waals surface area contributed by atoms with Gasteiger partial charge in [-0.05, 0) is 56.1 Å². The number of nitrogens with one attached hydrogen (secondary N) is 2. The standard InChI is InChI=1S/C17H20FN3S/c1-21(2)12-16(13-6-4-3-5-7-13)20-17(22)19-15-10-8-14(18)9-11-15/h3-11,16H,12H2,1-2H3,(H2,19,20,22)/t16-/m0/s1. The van der Waals surface area contributed by atoms with Crippen molar-refractivity contribution in [3.05, 3.63) is 66.0 Å². The lowest BCUT2D eigenvalue weighted by Crippen LogP contribution is -2.37. The SMILES string of the molecule is CN(C)C[C@H](NC(=S)Nc1ccc(F)cc1)c1ccccc1. The van der Waals surface area contributed by atoms with Gasteiger partial charge in [0.1, 0.15) is 5.82 Å². The minimum Gasteiger partial charge on any atom is -0.354 e. The van der Waals surface area contributed by atoms with Gasteiger partial charge in [0, 0.05) is 12.2 Å². The van der Waals surface area contributed by atoms with Gasteiger partial charge in [0.2, 0.25) is 0 Å². The fourth-order valence-corrected chi connectivity index (χ4v) is 2.40. The van der Waals surface area contributed by atoms with Crippen LogP contribution < -0.4 is 10.6 Å². The van der Waals surface area contributed by atoms with Crippen molar-refractivity contribution in [2.24, 2.45) is 0 Å². The van der Waals surface area contributed by atoms with E-state index in [0.717, 1.165) is 12.2 Å². The van der Waals surface area contributed by atoms with Gasteiger partial charge in [0.05, 0.1) is 6.04 Å². The molecular formula is C17H20FN3S. The number of likely N-dealkylation sites (N-methyl/N-ethyl adjacent to an activating group) is 1. The molecule has 116 valence electrons. The van der Waals surface area contributed by atoms with Gasteiger partial charge in [0.15, 0.2) is 5.11 Å². The van der Waals surface area contributed by atoms with Crippen molar-refractivity contribution in [3.8, 4) is 0 Å². The van der Waals surface area contributed by atoms with Crippen LogP contribution in [0, 0.1) is 5.82 Å². The van der Waals surface area contributed by atoms with Gasteiger partial charge >= 0.3 is 0 Å². The van der Waals surface area contributed by atoms with E-state index >= 15 is 0 Å². The molecule has 0 spiro atoms. The minimum absolute atomic E-state index is 0.0802. The van der Waals surface area contributed by atoms with Crippen molar-refractivity contribution in [3.63, 3.8) is 0 Å². The Labute approximate surface area is 136 Å². The summed E-state index contributed by atoms with van der Waals surface area (Å²) in [4.78, 5) is 2.10. The van der Waals surface area contributed by atoms with Crippen molar-refractivity contribution in [1.82, 2.24) is 10.2 Å². The van der Waals surface area contributed by atoms with E-state index in [2.05, 4.69) is 27.7 Å². The average Bonchev–Trinajstić information content (AvgIpc) is 2.49. The van der Waals surface area contributed by atoms with Crippen molar-refractivity contribution in [1.29, 1.82) is 0 Å². The van der Waals surface area contributed by atoms with Crippen LogP contribution in [0.3, 0.4) is 0 Å². The first-order valence-corrected chi connectivity index (χ1v) is 7.48.